The molecule has 1 aromatic rings. The van der Waals surface area contributed by atoms with Crippen molar-refractivity contribution in [3.63, 3.8) is 0 Å². The van der Waals surface area contributed by atoms with Gasteiger partial charge in [0.2, 0.25) is 5.91 Å². The van der Waals surface area contributed by atoms with E-state index < -0.39 is 6.17 Å². The van der Waals surface area contributed by atoms with Crippen LogP contribution in [0.5, 0.6) is 0 Å². The molecule has 0 aromatic carbocycles. The lowest BCUT2D eigenvalue weighted by molar-refractivity contribution is -0.143. The van der Waals surface area contributed by atoms with Crippen molar-refractivity contribution in [2.45, 2.75) is 76.2 Å². The van der Waals surface area contributed by atoms with Crippen LogP contribution < -0.4 is 10.6 Å². The van der Waals surface area contributed by atoms with Gasteiger partial charge in [0.05, 0.1) is 30.8 Å². The molecule has 0 radical (unpaired) electrons. The van der Waals surface area contributed by atoms with Crippen LogP contribution in [-0.4, -0.2) is 90.8 Å². The number of nitrogens with zero attached hydrogens (tertiary/aromatic N) is 3. The average Bonchev–Trinajstić information content (AvgIpc) is 3.67. The third kappa shape index (κ3) is 5.52. The van der Waals surface area contributed by atoms with Crippen molar-refractivity contribution in [1.82, 2.24) is 20.1 Å². The highest BCUT2D eigenvalue weighted by Crippen LogP contribution is 2.41. The topological polar surface area (TPSA) is 86.8 Å². The van der Waals surface area contributed by atoms with Gasteiger partial charge in [-0.25, -0.2) is 9.37 Å². The summed E-state index contributed by atoms with van der Waals surface area (Å²) in [4.78, 5) is 35.2. The Hall–Kier alpha value is -2.26. The number of hydrogen-bond acceptors (Lipinski definition) is 6. The zero-order valence-corrected chi connectivity index (χ0v) is 21.7. The zero-order chi connectivity index (χ0) is 25.4. The van der Waals surface area contributed by atoms with E-state index in [1.54, 1.807) is 12.0 Å². The van der Waals surface area contributed by atoms with Crippen molar-refractivity contribution < 1.29 is 18.7 Å². The summed E-state index contributed by atoms with van der Waals surface area (Å²) in [6.07, 6.45) is 5.98. The summed E-state index contributed by atoms with van der Waals surface area (Å²) >= 11 is 0. The van der Waals surface area contributed by atoms with E-state index >= 15 is 0 Å². The number of hydrogen-bond donors (Lipinski definition) is 2. The number of amides is 2. The Kier molecular flexibility index (Phi) is 7.49. The summed E-state index contributed by atoms with van der Waals surface area (Å²) in [6.45, 7) is 6.36. The fraction of sp³-hybridized carbons (Fsp3) is 0.741. The molecule has 3 heterocycles. The second kappa shape index (κ2) is 10.6. The van der Waals surface area contributed by atoms with Crippen LogP contribution in [0.4, 0.5) is 10.1 Å². The van der Waals surface area contributed by atoms with Crippen LogP contribution in [0.15, 0.2) is 12.3 Å². The quantitative estimate of drug-likeness (QED) is 0.541. The number of likely N-dealkylation sites (tertiary alicyclic amines) is 1. The SMILES string of the molecule is COC1CC(Nc2cc(C3CC3)cnc2C(=O)N(CC(C)C)[C@@H]2CNC[C@H](C(=O)N3CC(F)C3)C2)C1. The van der Waals surface area contributed by atoms with Gasteiger partial charge in [0.15, 0.2) is 5.69 Å². The molecular formula is C27H40FN5O3. The molecule has 2 saturated carbocycles. The molecule has 198 valence electrons. The molecule has 1 aromatic heterocycles. The van der Waals surface area contributed by atoms with Crippen LogP contribution in [-0.2, 0) is 9.53 Å². The number of ether oxygens (including phenoxy) is 1. The zero-order valence-electron chi connectivity index (χ0n) is 21.7. The Labute approximate surface area is 213 Å². The molecule has 8 nitrogen and oxygen atoms in total. The number of anilines is 1. The standard InChI is InChI=1S/C27H40FN5O3/c1-16(2)13-33(22-6-19(10-29-12-22)26(34)32-14-20(28)15-32)27(35)25-24(31-21-8-23(9-21)36-3)7-18(11-30-25)17-4-5-17/h7,11,16-17,19-23,29,31H,4-6,8-10,12-15H2,1-3H3/t19-,21?,22+,23?/m1/s1. The lowest BCUT2D eigenvalue weighted by atomic mass is 9.89. The highest BCUT2D eigenvalue weighted by Gasteiger charge is 2.40. The van der Waals surface area contributed by atoms with Gasteiger partial charge in [0.25, 0.3) is 5.91 Å². The number of carbonyl (C=O) groups excluding carboxylic acids is 2. The molecule has 9 heteroatoms. The maximum Gasteiger partial charge on any atom is 0.274 e. The molecule has 36 heavy (non-hydrogen) atoms. The van der Waals surface area contributed by atoms with E-state index in [0.29, 0.717) is 37.7 Å². The largest absolute Gasteiger partial charge is 0.381 e. The van der Waals surface area contributed by atoms with Crippen molar-refractivity contribution in [1.29, 1.82) is 0 Å². The summed E-state index contributed by atoms with van der Waals surface area (Å²) in [7, 11) is 1.74. The second-order valence-corrected chi connectivity index (χ2v) is 11.5. The van der Waals surface area contributed by atoms with E-state index in [-0.39, 0.29) is 54.9 Å². The van der Waals surface area contributed by atoms with Crippen molar-refractivity contribution in [3.8, 4) is 0 Å². The van der Waals surface area contributed by atoms with E-state index in [0.717, 1.165) is 18.5 Å². The lowest BCUT2D eigenvalue weighted by Crippen LogP contribution is -2.59. The Balaban J connectivity index is 1.35. The van der Waals surface area contributed by atoms with Gasteiger partial charge in [-0.1, -0.05) is 13.8 Å². The molecule has 2 aliphatic heterocycles. The average molecular weight is 502 g/mol. The van der Waals surface area contributed by atoms with Gasteiger partial charge in [0, 0.05) is 45.0 Å². The van der Waals surface area contributed by atoms with Gasteiger partial charge >= 0.3 is 0 Å². The molecule has 2 N–H and O–H groups in total. The Morgan fingerprint density at radius 3 is 2.64 bits per heavy atom. The molecule has 2 aliphatic carbocycles. The normalized spacial score (nSPS) is 28.4. The second-order valence-electron chi connectivity index (χ2n) is 11.5. The predicted octanol–water partition coefficient (Wildman–Crippen LogP) is 2.80. The maximum absolute atomic E-state index is 14.1. The Morgan fingerprint density at radius 2 is 2.00 bits per heavy atom. The first-order valence-electron chi connectivity index (χ1n) is 13.6. The van der Waals surface area contributed by atoms with E-state index in [9.17, 15) is 14.0 Å². The number of alkyl halides is 1. The lowest BCUT2D eigenvalue weighted by Gasteiger charge is -2.42. The van der Waals surface area contributed by atoms with Crippen molar-refractivity contribution in [2.75, 3.05) is 45.2 Å². The van der Waals surface area contributed by atoms with Crippen molar-refractivity contribution in [3.05, 3.63) is 23.5 Å². The fourth-order valence-electron chi connectivity index (χ4n) is 5.63. The molecule has 2 amide bonds. The summed E-state index contributed by atoms with van der Waals surface area (Å²) in [6, 6.07) is 2.27. The first kappa shape index (κ1) is 25.4. The minimum atomic E-state index is -0.911. The molecule has 4 fully saturated rings. The summed E-state index contributed by atoms with van der Waals surface area (Å²) in [5.41, 5.74) is 2.46. The minimum Gasteiger partial charge on any atom is -0.381 e. The van der Waals surface area contributed by atoms with E-state index in [4.69, 9.17) is 9.72 Å². The van der Waals surface area contributed by atoms with Gasteiger partial charge in [0.1, 0.15) is 6.17 Å². The van der Waals surface area contributed by atoms with E-state index in [1.807, 2.05) is 11.1 Å². The number of carbonyl (C=O) groups is 2. The minimum absolute atomic E-state index is 0.00927. The van der Waals surface area contributed by atoms with Crippen LogP contribution >= 0.6 is 0 Å². The van der Waals surface area contributed by atoms with Crippen molar-refractivity contribution in [2.24, 2.45) is 11.8 Å². The molecule has 0 unspecified atom stereocenters. The van der Waals surface area contributed by atoms with E-state index in [2.05, 4.69) is 30.5 Å². The number of piperidine rings is 1. The molecule has 2 saturated heterocycles. The third-order valence-corrected chi connectivity index (χ3v) is 8.04. The van der Waals surface area contributed by atoms with Gasteiger partial charge in [-0.3, -0.25) is 9.59 Å². The Morgan fingerprint density at radius 1 is 1.25 bits per heavy atom. The van der Waals surface area contributed by atoms with Gasteiger partial charge in [-0.15, -0.1) is 0 Å². The number of methoxy groups -OCH3 is 1. The molecule has 2 atom stereocenters. The van der Waals surface area contributed by atoms with Crippen LogP contribution in [0.25, 0.3) is 0 Å². The number of aromatic nitrogens is 1. The third-order valence-electron chi connectivity index (χ3n) is 8.04. The number of halogens is 1. The molecular weight excluding hydrogens is 461 g/mol. The highest BCUT2D eigenvalue weighted by atomic mass is 19.1. The van der Waals surface area contributed by atoms with Gasteiger partial charge < -0.3 is 25.2 Å². The van der Waals surface area contributed by atoms with Crippen LogP contribution in [0.1, 0.15) is 67.9 Å². The first-order chi connectivity index (χ1) is 17.3. The molecule has 5 rings (SSSR count). The fourth-order valence-corrected chi connectivity index (χ4v) is 5.63. The van der Waals surface area contributed by atoms with Crippen LogP contribution in [0.3, 0.4) is 0 Å². The molecule has 0 spiro atoms. The summed E-state index contributed by atoms with van der Waals surface area (Å²) < 4.78 is 18.8. The smallest absolute Gasteiger partial charge is 0.274 e. The number of nitrogens with one attached hydrogen (secondary N) is 2. The summed E-state index contributed by atoms with van der Waals surface area (Å²) in [5.74, 6) is 0.460. The highest BCUT2D eigenvalue weighted by molar-refractivity contribution is 5.98. The van der Waals surface area contributed by atoms with Gasteiger partial charge in [-0.2, -0.15) is 0 Å². The number of rotatable bonds is 9. The van der Waals surface area contributed by atoms with Crippen LogP contribution in [0, 0.1) is 11.8 Å². The summed E-state index contributed by atoms with van der Waals surface area (Å²) in [5, 5.41) is 6.95. The van der Waals surface area contributed by atoms with E-state index in [1.165, 1.54) is 18.4 Å². The van der Waals surface area contributed by atoms with Crippen molar-refractivity contribution >= 4 is 17.5 Å². The molecule has 4 aliphatic rings. The maximum atomic E-state index is 14.1. The van der Waals surface area contributed by atoms with Crippen LogP contribution in [0.2, 0.25) is 0 Å². The molecule has 0 bridgehead atoms. The monoisotopic (exact) mass is 501 g/mol. The first-order valence-corrected chi connectivity index (χ1v) is 13.6. The number of pyridine rings is 1. The predicted molar refractivity (Wildman–Crippen MR) is 136 cm³/mol. The van der Waals surface area contributed by atoms with Gasteiger partial charge in [-0.05, 0) is 55.6 Å². The Bertz CT molecular complexity index is 959.